The van der Waals surface area contributed by atoms with E-state index in [4.69, 9.17) is 9.47 Å². The third-order valence-corrected chi connectivity index (χ3v) is 2.71. The van der Waals surface area contributed by atoms with Gasteiger partial charge in [-0.05, 0) is 31.0 Å². The largest absolute Gasteiger partial charge is 0.494 e. The Morgan fingerprint density at radius 1 is 1.06 bits per heavy atom. The van der Waals surface area contributed by atoms with Gasteiger partial charge in [0.25, 0.3) is 0 Å². The molecule has 1 rings (SSSR count). The highest BCUT2D eigenvalue weighted by molar-refractivity contribution is 9.08. The Morgan fingerprint density at radius 3 is 2.38 bits per heavy atom. The quantitative estimate of drug-likeness (QED) is 0.701. The van der Waals surface area contributed by atoms with Crippen LogP contribution in [0.15, 0.2) is 18.2 Å². The summed E-state index contributed by atoms with van der Waals surface area (Å²) in [6, 6.07) is 5.99. The summed E-state index contributed by atoms with van der Waals surface area (Å²) in [5.41, 5.74) is 1.14. The number of alkyl halides is 1. The minimum atomic E-state index is 0.759. The fourth-order valence-electron chi connectivity index (χ4n) is 1.32. The number of rotatable bonds is 7. The summed E-state index contributed by atoms with van der Waals surface area (Å²) in [5, 5.41) is 0.787. The zero-order chi connectivity index (χ0) is 11.8. The highest BCUT2D eigenvalue weighted by Gasteiger charge is 2.04. The molecule has 90 valence electrons. The summed E-state index contributed by atoms with van der Waals surface area (Å²) in [7, 11) is 0. The molecule has 3 heteroatoms. The predicted molar refractivity (Wildman–Crippen MR) is 70.6 cm³/mol. The van der Waals surface area contributed by atoms with Gasteiger partial charge in [0.2, 0.25) is 0 Å². The van der Waals surface area contributed by atoms with Crippen LogP contribution in [0, 0.1) is 0 Å². The van der Waals surface area contributed by atoms with Crippen LogP contribution < -0.4 is 9.47 Å². The minimum absolute atomic E-state index is 0.759. The lowest BCUT2D eigenvalue weighted by atomic mass is 10.2. The van der Waals surface area contributed by atoms with E-state index < -0.39 is 0 Å². The smallest absolute Gasteiger partial charge is 0.123 e. The van der Waals surface area contributed by atoms with E-state index >= 15 is 0 Å². The molecule has 1 aromatic carbocycles. The Balaban J connectivity index is 2.71. The number of halogens is 1. The second-order valence-electron chi connectivity index (χ2n) is 3.60. The van der Waals surface area contributed by atoms with Crippen LogP contribution in [0.3, 0.4) is 0 Å². The molecule has 0 N–H and O–H groups in total. The van der Waals surface area contributed by atoms with Gasteiger partial charge in [-0.3, -0.25) is 0 Å². The van der Waals surface area contributed by atoms with Gasteiger partial charge in [-0.15, -0.1) is 0 Å². The molecule has 0 heterocycles. The lowest BCUT2D eigenvalue weighted by Crippen LogP contribution is -2.00. The highest BCUT2D eigenvalue weighted by atomic mass is 79.9. The van der Waals surface area contributed by atoms with Crippen molar-refractivity contribution in [1.82, 2.24) is 0 Å². The molecule has 2 nitrogen and oxygen atoms in total. The molecule has 0 saturated heterocycles. The summed E-state index contributed by atoms with van der Waals surface area (Å²) in [6.45, 7) is 5.72. The van der Waals surface area contributed by atoms with Gasteiger partial charge in [-0.2, -0.15) is 0 Å². The normalized spacial score (nSPS) is 10.2. The van der Waals surface area contributed by atoms with E-state index in [1.165, 1.54) is 0 Å². The van der Waals surface area contributed by atoms with E-state index in [0.717, 1.165) is 48.4 Å². The molecule has 0 unspecified atom stereocenters. The summed E-state index contributed by atoms with van der Waals surface area (Å²) >= 11 is 3.47. The monoisotopic (exact) mass is 286 g/mol. The van der Waals surface area contributed by atoms with Crippen LogP contribution in [-0.4, -0.2) is 13.2 Å². The van der Waals surface area contributed by atoms with Crippen LogP contribution in [0.1, 0.15) is 32.3 Å². The van der Waals surface area contributed by atoms with Crippen molar-refractivity contribution < 1.29 is 9.47 Å². The number of benzene rings is 1. The highest BCUT2D eigenvalue weighted by Crippen LogP contribution is 2.26. The van der Waals surface area contributed by atoms with Crippen LogP contribution >= 0.6 is 15.9 Å². The summed E-state index contributed by atoms with van der Waals surface area (Å²) in [4.78, 5) is 0. The Kier molecular flexibility index (Phi) is 6.31. The first kappa shape index (κ1) is 13.4. The van der Waals surface area contributed by atoms with Gasteiger partial charge in [0.05, 0.1) is 13.2 Å². The van der Waals surface area contributed by atoms with Crippen LogP contribution in [0.4, 0.5) is 0 Å². The number of hydrogen-bond donors (Lipinski definition) is 0. The van der Waals surface area contributed by atoms with Gasteiger partial charge < -0.3 is 9.47 Å². The molecule has 1 aromatic rings. The Morgan fingerprint density at radius 2 is 1.75 bits per heavy atom. The standard InChI is InChI=1S/C13H19BrO2/c1-3-7-15-12-5-6-13(16-8-4-2)11(9-12)10-14/h5-6,9H,3-4,7-8,10H2,1-2H3. The summed E-state index contributed by atoms with van der Waals surface area (Å²) in [6.07, 6.45) is 2.05. The fraction of sp³-hybridized carbons (Fsp3) is 0.538. The Bertz CT molecular complexity index is 313. The minimum Gasteiger partial charge on any atom is -0.494 e. The molecule has 0 atom stereocenters. The summed E-state index contributed by atoms with van der Waals surface area (Å²) in [5.74, 6) is 1.86. The SMILES string of the molecule is CCCOc1ccc(OCCC)c(CBr)c1. The molecule has 0 fully saturated rings. The Hall–Kier alpha value is -0.700. The third kappa shape index (κ3) is 4.05. The van der Waals surface area contributed by atoms with Crippen molar-refractivity contribution in [2.75, 3.05) is 13.2 Å². The van der Waals surface area contributed by atoms with E-state index in [0.29, 0.717) is 0 Å². The van der Waals surface area contributed by atoms with E-state index in [2.05, 4.69) is 29.8 Å². The van der Waals surface area contributed by atoms with Crippen molar-refractivity contribution in [3.05, 3.63) is 23.8 Å². The average molecular weight is 287 g/mol. The van der Waals surface area contributed by atoms with Crippen molar-refractivity contribution in [3.8, 4) is 11.5 Å². The summed E-state index contributed by atoms with van der Waals surface area (Å²) < 4.78 is 11.2. The zero-order valence-corrected chi connectivity index (χ0v) is 11.5. The third-order valence-electron chi connectivity index (χ3n) is 2.11. The number of hydrogen-bond acceptors (Lipinski definition) is 2. The van der Waals surface area contributed by atoms with Crippen molar-refractivity contribution in [2.24, 2.45) is 0 Å². The number of ether oxygens (including phenoxy) is 2. The van der Waals surface area contributed by atoms with Crippen LogP contribution in [0.2, 0.25) is 0 Å². The van der Waals surface area contributed by atoms with E-state index in [-0.39, 0.29) is 0 Å². The molecule has 0 radical (unpaired) electrons. The molecule has 0 bridgehead atoms. The second-order valence-corrected chi connectivity index (χ2v) is 4.16. The van der Waals surface area contributed by atoms with Crippen LogP contribution in [0.5, 0.6) is 11.5 Å². The second kappa shape index (κ2) is 7.55. The van der Waals surface area contributed by atoms with Crippen molar-refractivity contribution in [2.45, 2.75) is 32.0 Å². The first-order chi connectivity index (χ1) is 7.81. The first-order valence-corrected chi connectivity index (χ1v) is 6.88. The lowest BCUT2D eigenvalue weighted by molar-refractivity contribution is 0.307. The van der Waals surface area contributed by atoms with Gasteiger partial charge in [0.15, 0.2) is 0 Å². The predicted octanol–water partition coefficient (Wildman–Crippen LogP) is 4.16. The van der Waals surface area contributed by atoms with Gasteiger partial charge in [0, 0.05) is 10.9 Å². The molecule has 16 heavy (non-hydrogen) atoms. The fourth-order valence-corrected chi connectivity index (χ4v) is 1.76. The Labute approximate surface area is 106 Å². The van der Waals surface area contributed by atoms with Gasteiger partial charge >= 0.3 is 0 Å². The molecular weight excluding hydrogens is 268 g/mol. The van der Waals surface area contributed by atoms with Gasteiger partial charge in [-0.1, -0.05) is 29.8 Å². The molecule has 0 aliphatic carbocycles. The maximum absolute atomic E-state index is 5.65. The average Bonchev–Trinajstić information content (AvgIpc) is 2.34. The maximum Gasteiger partial charge on any atom is 0.123 e. The molecule has 0 aromatic heterocycles. The topological polar surface area (TPSA) is 18.5 Å². The first-order valence-electron chi connectivity index (χ1n) is 5.76. The van der Waals surface area contributed by atoms with E-state index in [1.807, 2.05) is 18.2 Å². The van der Waals surface area contributed by atoms with Crippen LogP contribution in [-0.2, 0) is 5.33 Å². The van der Waals surface area contributed by atoms with Gasteiger partial charge in [0.1, 0.15) is 11.5 Å². The lowest BCUT2D eigenvalue weighted by Gasteiger charge is -2.11. The van der Waals surface area contributed by atoms with E-state index in [9.17, 15) is 0 Å². The van der Waals surface area contributed by atoms with E-state index in [1.54, 1.807) is 0 Å². The molecule has 0 aliphatic rings. The van der Waals surface area contributed by atoms with Gasteiger partial charge in [-0.25, -0.2) is 0 Å². The molecule has 0 saturated carbocycles. The van der Waals surface area contributed by atoms with Crippen molar-refractivity contribution in [1.29, 1.82) is 0 Å². The van der Waals surface area contributed by atoms with Crippen molar-refractivity contribution >= 4 is 15.9 Å². The molecule has 0 spiro atoms. The maximum atomic E-state index is 5.65. The van der Waals surface area contributed by atoms with Crippen LogP contribution in [0.25, 0.3) is 0 Å². The zero-order valence-electron chi connectivity index (χ0n) is 9.96. The molecular formula is C13H19BrO2. The molecule has 0 amide bonds. The van der Waals surface area contributed by atoms with Crippen molar-refractivity contribution in [3.63, 3.8) is 0 Å². The molecule has 0 aliphatic heterocycles.